The van der Waals surface area contributed by atoms with Crippen molar-refractivity contribution >= 4 is 5.97 Å². The fourth-order valence-electron chi connectivity index (χ4n) is 3.69. The third kappa shape index (κ3) is 8.83. The van der Waals surface area contributed by atoms with Crippen LogP contribution in [0.3, 0.4) is 0 Å². The van der Waals surface area contributed by atoms with Crippen molar-refractivity contribution in [3.05, 3.63) is 48.0 Å². The topological polar surface area (TPSA) is 80.6 Å². The van der Waals surface area contributed by atoms with Gasteiger partial charge in [-0.1, -0.05) is 48.9 Å². The van der Waals surface area contributed by atoms with E-state index in [-0.39, 0.29) is 41.9 Å². The Morgan fingerprint density at radius 1 is 1.31 bits per heavy atom. The van der Waals surface area contributed by atoms with Gasteiger partial charge in [-0.05, 0) is 56.4 Å². The molecule has 0 saturated heterocycles. The Labute approximate surface area is 178 Å². The van der Waals surface area contributed by atoms with Crippen molar-refractivity contribution in [2.75, 3.05) is 0 Å². The molecule has 2 rings (SSSR count). The van der Waals surface area contributed by atoms with Gasteiger partial charge in [-0.3, -0.25) is 0 Å². The molecule has 1 fully saturated rings. The summed E-state index contributed by atoms with van der Waals surface area (Å²) < 4.78 is 0. The van der Waals surface area contributed by atoms with Gasteiger partial charge in [-0.15, -0.1) is 0 Å². The van der Waals surface area contributed by atoms with Gasteiger partial charge in [0.1, 0.15) is 0 Å². The average molecular weight is 368 g/mol. The molecule has 0 aliphatic heterocycles. The van der Waals surface area contributed by atoms with Gasteiger partial charge in [0.25, 0.3) is 0 Å². The first-order valence-electron chi connectivity index (χ1n) is 9.29. The van der Waals surface area contributed by atoms with Gasteiger partial charge >= 0.3 is 29.6 Å². The van der Waals surface area contributed by atoms with Crippen molar-refractivity contribution in [3.63, 3.8) is 0 Å². The van der Waals surface area contributed by atoms with Crippen LogP contribution in [0.25, 0.3) is 0 Å². The predicted octanol–water partition coefficient (Wildman–Crippen LogP) is -0.618. The number of carbonyl (C=O) groups is 1. The number of aliphatic carboxylic acids is 1. The normalized spacial score (nSPS) is 24.2. The summed E-state index contributed by atoms with van der Waals surface area (Å²) in [5.74, 6) is -1.08. The zero-order chi connectivity index (χ0) is 18.1. The molecule has 0 amide bonds. The van der Waals surface area contributed by atoms with E-state index in [1.807, 2.05) is 24.3 Å². The van der Waals surface area contributed by atoms with Crippen molar-refractivity contribution in [1.82, 2.24) is 0 Å². The van der Waals surface area contributed by atoms with Crippen LogP contribution in [0.1, 0.15) is 56.9 Å². The Kier molecular flexibility index (Phi) is 10.7. The first-order chi connectivity index (χ1) is 12.0. The summed E-state index contributed by atoms with van der Waals surface area (Å²) in [7, 11) is 0. The van der Waals surface area contributed by atoms with Crippen LogP contribution in [0.2, 0.25) is 0 Å². The van der Waals surface area contributed by atoms with E-state index in [1.165, 1.54) is 5.56 Å². The molecule has 1 aromatic carbocycles. The molecule has 0 radical (unpaired) electrons. The average Bonchev–Trinajstić information content (AvgIpc) is 2.57. The van der Waals surface area contributed by atoms with Crippen molar-refractivity contribution in [1.29, 1.82) is 0 Å². The van der Waals surface area contributed by atoms with Gasteiger partial charge in [-0.2, -0.15) is 0 Å². The van der Waals surface area contributed by atoms with E-state index in [0.717, 1.165) is 38.5 Å². The summed E-state index contributed by atoms with van der Waals surface area (Å²) in [5, 5.41) is 31.2. The number of aliphatic hydroxyl groups excluding tert-OH is 1. The second-order valence-corrected chi connectivity index (χ2v) is 7.31. The molecule has 1 saturated carbocycles. The molecule has 2 N–H and O–H groups in total. The Morgan fingerprint density at radius 3 is 2.73 bits per heavy atom. The molecule has 0 unspecified atom stereocenters. The van der Waals surface area contributed by atoms with Crippen LogP contribution in [0.4, 0.5) is 0 Å². The number of hydrogen-bond donors (Lipinski definition) is 2. The van der Waals surface area contributed by atoms with Crippen molar-refractivity contribution in [2.45, 2.75) is 69.5 Å². The summed E-state index contributed by atoms with van der Waals surface area (Å²) >= 11 is 0. The fraction of sp³-hybridized carbons (Fsp3) is 0.571. The monoisotopic (exact) mass is 368 g/mol. The molecule has 138 valence electrons. The minimum Gasteiger partial charge on any atom is -0.550 e. The van der Waals surface area contributed by atoms with Crippen LogP contribution in [0.15, 0.2) is 42.5 Å². The molecule has 4 nitrogen and oxygen atoms in total. The van der Waals surface area contributed by atoms with Crippen molar-refractivity contribution in [2.24, 2.45) is 5.92 Å². The van der Waals surface area contributed by atoms with E-state index in [4.69, 9.17) is 0 Å². The molecular formula is C21H29NaO4. The summed E-state index contributed by atoms with van der Waals surface area (Å²) in [6, 6.07) is 10.3. The zero-order valence-electron chi connectivity index (χ0n) is 15.8. The molecule has 5 heteroatoms. The van der Waals surface area contributed by atoms with Crippen LogP contribution in [0.5, 0.6) is 0 Å². The second kappa shape index (κ2) is 11.9. The number of aliphatic hydroxyl groups is 2. The predicted molar refractivity (Wildman–Crippen MR) is 95.7 cm³/mol. The molecule has 26 heavy (non-hydrogen) atoms. The van der Waals surface area contributed by atoms with Crippen molar-refractivity contribution in [3.8, 4) is 0 Å². The Morgan fingerprint density at radius 2 is 2.04 bits per heavy atom. The molecule has 0 spiro atoms. The molecule has 0 aromatic heterocycles. The number of benzene rings is 1. The number of rotatable bonds is 9. The summed E-state index contributed by atoms with van der Waals surface area (Å²) in [6.07, 6.45) is 9.37. The quantitative estimate of drug-likeness (QED) is 0.346. The van der Waals surface area contributed by atoms with Gasteiger partial charge in [-0.25, -0.2) is 0 Å². The third-order valence-electron chi connectivity index (χ3n) is 5.00. The van der Waals surface area contributed by atoms with Gasteiger partial charge in [0.2, 0.25) is 0 Å². The van der Waals surface area contributed by atoms with Gasteiger partial charge < -0.3 is 20.1 Å². The van der Waals surface area contributed by atoms with E-state index in [0.29, 0.717) is 12.8 Å². The van der Waals surface area contributed by atoms with E-state index in [1.54, 1.807) is 6.08 Å². The van der Waals surface area contributed by atoms with E-state index in [9.17, 15) is 20.1 Å². The minimum atomic E-state index is -1.20. The number of carboxylic acids is 1. The largest absolute Gasteiger partial charge is 1.00 e. The van der Waals surface area contributed by atoms with Gasteiger partial charge in [0.05, 0.1) is 11.7 Å². The van der Waals surface area contributed by atoms with Crippen LogP contribution in [-0.2, 0) is 11.2 Å². The molecule has 1 aliphatic carbocycles. The van der Waals surface area contributed by atoms with Crippen LogP contribution in [0, 0.1) is 5.92 Å². The number of carbonyl (C=O) groups excluding carboxylic acids is 1. The van der Waals surface area contributed by atoms with Gasteiger partial charge in [0, 0.05) is 12.4 Å². The molecule has 3 atom stereocenters. The van der Waals surface area contributed by atoms with Crippen LogP contribution < -0.4 is 34.7 Å². The molecule has 1 aliphatic rings. The number of unbranched alkanes of at least 4 members (excludes halogenated alkanes) is 1. The summed E-state index contributed by atoms with van der Waals surface area (Å²) in [5.41, 5.74) is 0.161. The van der Waals surface area contributed by atoms with E-state index < -0.39 is 17.7 Å². The van der Waals surface area contributed by atoms with Gasteiger partial charge in [0.15, 0.2) is 0 Å². The molecule has 1 aromatic rings. The SMILES string of the molecule is O=C([O-])C[C@]1(O)CCC[C@@H](/C=C/[C@H](O)CCCCc2ccccc2)C1.[Na+]. The maximum Gasteiger partial charge on any atom is 1.00 e. The van der Waals surface area contributed by atoms with E-state index >= 15 is 0 Å². The number of hydrogen-bond acceptors (Lipinski definition) is 4. The minimum absolute atomic E-state index is 0. The Bertz CT molecular complexity index is 560. The molecule has 0 bridgehead atoms. The van der Waals surface area contributed by atoms with Crippen molar-refractivity contribution < 1.29 is 49.7 Å². The smallest absolute Gasteiger partial charge is 0.550 e. The molecular weight excluding hydrogens is 339 g/mol. The fourth-order valence-corrected chi connectivity index (χ4v) is 3.69. The van der Waals surface area contributed by atoms with Crippen LogP contribution >= 0.6 is 0 Å². The Balaban J connectivity index is 0.00000338. The second-order valence-electron chi connectivity index (χ2n) is 7.31. The first-order valence-corrected chi connectivity index (χ1v) is 9.29. The Hall–Kier alpha value is -0.650. The zero-order valence-corrected chi connectivity index (χ0v) is 17.8. The number of carboxylic acid groups (broad SMARTS) is 1. The number of allylic oxidation sites excluding steroid dienone is 1. The standard InChI is InChI=1S/C21H30O4.Na/c22-19(11-5-4-9-17-7-2-1-3-8-17)13-12-18-10-6-14-21(25,15-18)16-20(23)24;/h1-3,7-8,12-13,18-19,22,25H,4-6,9-11,14-16H2,(H,23,24);/q;+1/p-1/b13-12+;/t18-,19+,21-;/m0./s1. The van der Waals surface area contributed by atoms with Crippen LogP contribution in [-0.4, -0.2) is 27.9 Å². The number of aryl methyl sites for hydroxylation is 1. The third-order valence-corrected chi connectivity index (χ3v) is 5.00. The van der Waals surface area contributed by atoms with E-state index in [2.05, 4.69) is 12.1 Å². The maximum atomic E-state index is 10.8. The summed E-state index contributed by atoms with van der Waals surface area (Å²) in [4.78, 5) is 10.8. The summed E-state index contributed by atoms with van der Waals surface area (Å²) in [6.45, 7) is 0. The molecule has 0 heterocycles. The maximum absolute atomic E-state index is 10.8. The first kappa shape index (κ1) is 23.4.